The van der Waals surface area contributed by atoms with Crippen molar-refractivity contribution in [3.8, 4) is 0 Å². The van der Waals surface area contributed by atoms with Crippen molar-refractivity contribution in [3.63, 3.8) is 0 Å². The SMILES string of the molecule is CCOC(=O)C(C)(N)CN1CCC(N2CCCCC2)CC1. The lowest BCUT2D eigenvalue weighted by molar-refractivity contribution is -0.149. The summed E-state index contributed by atoms with van der Waals surface area (Å²) >= 11 is 0. The maximum Gasteiger partial charge on any atom is 0.327 e. The Hall–Kier alpha value is -0.650. The van der Waals surface area contributed by atoms with Crippen LogP contribution >= 0.6 is 0 Å². The molecule has 2 aliphatic heterocycles. The number of esters is 1. The Balaban J connectivity index is 1.76. The zero-order valence-corrected chi connectivity index (χ0v) is 13.6. The molecule has 0 aliphatic carbocycles. The first-order chi connectivity index (χ1) is 10.0. The summed E-state index contributed by atoms with van der Waals surface area (Å²) in [7, 11) is 0. The van der Waals surface area contributed by atoms with Crippen molar-refractivity contribution >= 4 is 5.97 Å². The maximum atomic E-state index is 11.9. The first-order valence-electron chi connectivity index (χ1n) is 8.45. The Morgan fingerprint density at radius 1 is 1.19 bits per heavy atom. The van der Waals surface area contributed by atoms with Crippen LogP contribution in [0.2, 0.25) is 0 Å². The second-order valence-corrected chi connectivity index (χ2v) is 6.74. The molecule has 0 aromatic rings. The summed E-state index contributed by atoms with van der Waals surface area (Å²) in [6.45, 7) is 9.19. The normalized spacial score (nSPS) is 25.5. The third kappa shape index (κ3) is 4.66. The molecule has 0 spiro atoms. The van der Waals surface area contributed by atoms with E-state index in [1.807, 2.05) is 6.92 Å². The highest BCUT2D eigenvalue weighted by molar-refractivity contribution is 5.80. The summed E-state index contributed by atoms with van der Waals surface area (Å²) in [5.74, 6) is -0.289. The van der Waals surface area contributed by atoms with Crippen LogP contribution in [0.1, 0.15) is 46.0 Å². The number of nitrogens with two attached hydrogens (primary N) is 1. The molecule has 1 atom stereocenters. The standard InChI is InChI=1S/C16H31N3O2/c1-3-21-15(20)16(2,17)13-18-11-7-14(8-12-18)19-9-5-4-6-10-19/h14H,3-13,17H2,1-2H3. The van der Waals surface area contributed by atoms with Crippen LogP contribution in [0.15, 0.2) is 0 Å². The molecule has 2 aliphatic rings. The lowest BCUT2D eigenvalue weighted by Gasteiger charge is -2.41. The summed E-state index contributed by atoms with van der Waals surface area (Å²) in [6, 6.07) is 0.730. The molecule has 2 saturated heterocycles. The van der Waals surface area contributed by atoms with Crippen LogP contribution in [0.25, 0.3) is 0 Å². The maximum absolute atomic E-state index is 11.9. The van der Waals surface area contributed by atoms with E-state index < -0.39 is 5.54 Å². The smallest absolute Gasteiger partial charge is 0.327 e. The Bertz CT molecular complexity index is 332. The van der Waals surface area contributed by atoms with Crippen molar-refractivity contribution in [2.45, 2.75) is 57.5 Å². The van der Waals surface area contributed by atoms with E-state index in [9.17, 15) is 4.79 Å². The second kappa shape index (κ2) is 7.56. The second-order valence-electron chi connectivity index (χ2n) is 6.74. The van der Waals surface area contributed by atoms with Crippen molar-refractivity contribution in [2.75, 3.05) is 39.3 Å². The zero-order chi connectivity index (χ0) is 15.3. The quantitative estimate of drug-likeness (QED) is 0.773. The van der Waals surface area contributed by atoms with E-state index >= 15 is 0 Å². The molecule has 21 heavy (non-hydrogen) atoms. The highest BCUT2D eigenvalue weighted by atomic mass is 16.5. The van der Waals surface area contributed by atoms with Gasteiger partial charge >= 0.3 is 5.97 Å². The summed E-state index contributed by atoms with van der Waals surface area (Å²) in [5, 5.41) is 0. The van der Waals surface area contributed by atoms with Crippen molar-refractivity contribution < 1.29 is 9.53 Å². The molecule has 1 unspecified atom stereocenters. The van der Waals surface area contributed by atoms with E-state index in [1.54, 1.807) is 6.92 Å². The number of likely N-dealkylation sites (tertiary alicyclic amines) is 2. The van der Waals surface area contributed by atoms with Crippen LogP contribution < -0.4 is 5.73 Å². The molecule has 2 N–H and O–H groups in total. The summed E-state index contributed by atoms with van der Waals surface area (Å²) in [4.78, 5) is 16.8. The number of carbonyl (C=O) groups excluding carboxylic acids is 1. The lowest BCUT2D eigenvalue weighted by atomic mass is 9.97. The van der Waals surface area contributed by atoms with Gasteiger partial charge in [-0.05, 0) is 65.7 Å². The highest BCUT2D eigenvalue weighted by Crippen LogP contribution is 2.21. The molecule has 0 saturated carbocycles. The van der Waals surface area contributed by atoms with Crippen LogP contribution in [0.5, 0.6) is 0 Å². The number of hydrogen-bond donors (Lipinski definition) is 1. The van der Waals surface area contributed by atoms with Gasteiger partial charge in [0.25, 0.3) is 0 Å². The fourth-order valence-electron chi connectivity index (χ4n) is 3.55. The lowest BCUT2D eigenvalue weighted by Crippen LogP contribution is -2.57. The molecule has 0 radical (unpaired) electrons. The minimum atomic E-state index is -0.895. The molecule has 2 rings (SSSR count). The van der Waals surface area contributed by atoms with Crippen LogP contribution in [0.3, 0.4) is 0 Å². The van der Waals surface area contributed by atoms with Crippen molar-refractivity contribution in [2.24, 2.45) is 5.73 Å². The van der Waals surface area contributed by atoms with Crippen LogP contribution in [-0.4, -0.2) is 66.7 Å². The van der Waals surface area contributed by atoms with Gasteiger partial charge in [-0.2, -0.15) is 0 Å². The van der Waals surface area contributed by atoms with Gasteiger partial charge in [0.05, 0.1) is 6.61 Å². The van der Waals surface area contributed by atoms with Gasteiger partial charge in [-0.1, -0.05) is 6.42 Å². The topological polar surface area (TPSA) is 58.8 Å². The van der Waals surface area contributed by atoms with E-state index in [-0.39, 0.29) is 5.97 Å². The average molecular weight is 297 g/mol. The van der Waals surface area contributed by atoms with Gasteiger partial charge in [0.15, 0.2) is 0 Å². The third-order valence-corrected chi connectivity index (χ3v) is 4.76. The van der Waals surface area contributed by atoms with E-state index in [4.69, 9.17) is 10.5 Å². The first kappa shape index (κ1) is 16.7. The molecule has 5 heteroatoms. The number of nitrogens with zero attached hydrogens (tertiary/aromatic N) is 2. The average Bonchev–Trinajstić information content (AvgIpc) is 2.49. The van der Waals surface area contributed by atoms with Crippen molar-refractivity contribution in [3.05, 3.63) is 0 Å². The fourth-order valence-corrected chi connectivity index (χ4v) is 3.55. The number of ether oxygens (including phenoxy) is 1. The Morgan fingerprint density at radius 3 is 2.38 bits per heavy atom. The molecular formula is C16H31N3O2. The molecule has 0 aromatic carbocycles. The molecule has 0 amide bonds. The van der Waals surface area contributed by atoms with Gasteiger partial charge in [-0.15, -0.1) is 0 Å². The van der Waals surface area contributed by atoms with E-state index in [0.29, 0.717) is 13.2 Å². The van der Waals surface area contributed by atoms with Gasteiger partial charge in [-0.3, -0.25) is 4.79 Å². The summed E-state index contributed by atoms with van der Waals surface area (Å²) in [5.41, 5.74) is 5.23. The van der Waals surface area contributed by atoms with Gasteiger partial charge in [-0.25, -0.2) is 0 Å². The minimum Gasteiger partial charge on any atom is -0.465 e. The predicted octanol–water partition coefficient (Wildman–Crippen LogP) is 1.22. The largest absolute Gasteiger partial charge is 0.465 e. The molecule has 2 heterocycles. The van der Waals surface area contributed by atoms with Gasteiger partial charge in [0, 0.05) is 12.6 Å². The summed E-state index contributed by atoms with van der Waals surface area (Å²) in [6.07, 6.45) is 6.48. The van der Waals surface area contributed by atoms with E-state index in [1.165, 1.54) is 45.2 Å². The Morgan fingerprint density at radius 2 is 1.81 bits per heavy atom. The van der Waals surface area contributed by atoms with Crippen LogP contribution in [-0.2, 0) is 9.53 Å². The molecule has 122 valence electrons. The highest BCUT2D eigenvalue weighted by Gasteiger charge is 2.34. The molecule has 2 fully saturated rings. The van der Waals surface area contributed by atoms with Gasteiger partial charge in [0.1, 0.15) is 5.54 Å². The molecule has 0 aromatic heterocycles. The Labute approximate surface area is 128 Å². The van der Waals surface area contributed by atoms with Gasteiger partial charge < -0.3 is 20.3 Å². The molecule has 0 bridgehead atoms. The van der Waals surface area contributed by atoms with Crippen molar-refractivity contribution in [1.29, 1.82) is 0 Å². The zero-order valence-electron chi connectivity index (χ0n) is 13.6. The first-order valence-corrected chi connectivity index (χ1v) is 8.45. The third-order valence-electron chi connectivity index (χ3n) is 4.76. The predicted molar refractivity (Wildman–Crippen MR) is 84.1 cm³/mol. The summed E-state index contributed by atoms with van der Waals surface area (Å²) < 4.78 is 5.07. The number of piperidine rings is 2. The Kier molecular flexibility index (Phi) is 6.02. The van der Waals surface area contributed by atoms with Crippen LogP contribution in [0, 0.1) is 0 Å². The molecular weight excluding hydrogens is 266 g/mol. The van der Waals surface area contributed by atoms with E-state index in [2.05, 4.69) is 9.80 Å². The molecule has 5 nitrogen and oxygen atoms in total. The fraction of sp³-hybridized carbons (Fsp3) is 0.938. The van der Waals surface area contributed by atoms with Crippen LogP contribution in [0.4, 0.5) is 0 Å². The minimum absolute atomic E-state index is 0.289. The number of rotatable bonds is 5. The van der Waals surface area contributed by atoms with Gasteiger partial charge in [0.2, 0.25) is 0 Å². The van der Waals surface area contributed by atoms with E-state index in [0.717, 1.165) is 19.1 Å². The van der Waals surface area contributed by atoms with Crippen molar-refractivity contribution in [1.82, 2.24) is 9.80 Å². The monoisotopic (exact) mass is 297 g/mol. The number of hydrogen-bond acceptors (Lipinski definition) is 5. The number of carbonyl (C=O) groups is 1.